The summed E-state index contributed by atoms with van der Waals surface area (Å²) in [6, 6.07) is 5.62. The van der Waals surface area contributed by atoms with E-state index in [0.717, 1.165) is 39.4 Å². The van der Waals surface area contributed by atoms with E-state index in [2.05, 4.69) is 15.0 Å². The number of ether oxygens (including phenoxy) is 2. The van der Waals surface area contributed by atoms with E-state index in [4.69, 9.17) is 9.47 Å². The van der Waals surface area contributed by atoms with Crippen molar-refractivity contribution in [2.45, 2.75) is 25.4 Å². The summed E-state index contributed by atoms with van der Waals surface area (Å²) in [6.45, 7) is 3.89. The van der Waals surface area contributed by atoms with Crippen molar-refractivity contribution >= 4 is 21.8 Å². The van der Waals surface area contributed by atoms with E-state index in [9.17, 15) is 4.21 Å². The second-order valence-electron chi connectivity index (χ2n) is 5.84. The van der Waals surface area contributed by atoms with Crippen LogP contribution in [0.2, 0.25) is 0 Å². The molecule has 0 aliphatic heterocycles. The Morgan fingerprint density at radius 3 is 2.68 bits per heavy atom. The molecule has 0 amide bonds. The molecule has 25 heavy (non-hydrogen) atoms. The van der Waals surface area contributed by atoms with Gasteiger partial charge in [-0.2, -0.15) is 0 Å². The third kappa shape index (κ3) is 3.66. The predicted molar refractivity (Wildman–Crippen MR) is 98.5 cm³/mol. The molecule has 0 spiro atoms. The highest BCUT2D eigenvalue weighted by atomic mass is 32.2. The van der Waals surface area contributed by atoms with Crippen LogP contribution >= 0.6 is 0 Å². The summed E-state index contributed by atoms with van der Waals surface area (Å²) in [5.74, 6) is 2.96. The summed E-state index contributed by atoms with van der Waals surface area (Å²) in [6.07, 6.45) is 1.76. The molecule has 2 aromatic heterocycles. The number of benzene rings is 1. The molecule has 0 bridgehead atoms. The Morgan fingerprint density at radius 2 is 1.96 bits per heavy atom. The number of aromatic nitrogens is 3. The van der Waals surface area contributed by atoms with E-state index >= 15 is 0 Å². The van der Waals surface area contributed by atoms with E-state index < -0.39 is 10.8 Å². The molecule has 0 aliphatic rings. The van der Waals surface area contributed by atoms with E-state index in [0.29, 0.717) is 17.3 Å². The number of H-pyrrole nitrogens is 1. The number of methoxy groups -OCH3 is 2. The van der Waals surface area contributed by atoms with Gasteiger partial charge in [-0.05, 0) is 26.0 Å². The van der Waals surface area contributed by atoms with Gasteiger partial charge in [0.05, 0.1) is 42.5 Å². The van der Waals surface area contributed by atoms with Crippen LogP contribution in [0.5, 0.6) is 11.5 Å². The zero-order chi connectivity index (χ0) is 18.0. The van der Waals surface area contributed by atoms with Crippen LogP contribution in [0.1, 0.15) is 22.6 Å². The Morgan fingerprint density at radius 1 is 1.16 bits per heavy atom. The summed E-state index contributed by atoms with van der Waals surface area (Å²) in [7, 11) is 2.14. The van der Waals surface area contributed by atoms with Gasteiger partial charge in [0, 0.05) is 34.2 Å². The van der Waals surface area contributed by atoms with Crippen LogP contribution in [0.3, 0.4) is 0 Å². The summed E-state index contributed by atoms with van der Waals surface area (Å²) < 4.78 is 23.2. The maximum atomic E-state index is 12.6. The molecule has 3 aromatic rings. The largest absolute Gasteiger partial charge is 0.497 e. The van der Waals surface area contributed by atoms with Gasteiger partial charge in [-0.3, -0.25) is 9.19 Å². The zero-order valence-electron chi connectivity index (χ0n) is 14.8. The second-order valence-corrected chi connectivity index (χ2v) is 7.30. The van der Waals surface area contributed by atoms with Gasteiger partial charge in [0.1, 0.15) is 17.3 Å². The van der Waals surface area contributed by atoms with Crippen molar-refractivity contribution in [2.75, 3.05) is 14.2 Å². The fourth-order valence-corrected chi connectivity index (χ4v) is 3.95. The molecule has 0 saturated heterocycles. The molecule has 1 aromatic carbocycles. The zero-order valence-corrected chi connectivity index (χ0v) is 15.6. The normalized spacial score (nSPS) is 12.3. The fourth-order valence-electron chi connectivity index (χ4n) is 2.81. The van der Waals surface area contributed by atoms with E-state index in [1.165, 1.54) is 0 Å². The lowest BCUT2D eigenvalue weighted by atomic mass is 10.1. The van der Waals surface area contributed by atoms with Crippen LogP contribution in [0, 0.1) is 13.8 Å². The van der Waals surface area contributed by atoms with Crippen molar-refractivity contribution in [3.8, 4) is 11.5 Å². The van der Waals surface area contributed by atoms with Crippen LogP contribution in [0.15, 0.2) is 24.4 Å². The highest BCUT2D eigenvalue weighted by molar-refractivity contribution is 7.83. The smallest absolute Gasteiger partial charge is 0.128 e. The molecule has 2 heterocycles. The molecule has 6 nitrogen and oxygen atoms in total. The van der Waals surface area contributed by atoms with Crippen molar-refractivity contribution < 1.29 is 13.7 Å². The third-order valence-electron chi connectivity index (χ3n) is 4.08. The van der Waals surface area contributed by atoms with E-state index in [-0.39, 0.29) is 0 Å². The number of nitrogens with zero attached hydrogens (tertiary/aromatic N) is 2. The lowest BCUT2D eigenvalue weighted by molar-refractivity contribution is 0.407. The van der Waals surface area contributed by atoms with E-state index in [1.54, 1.807) is 20.4 Å². The molecule has 0 saturated carbocycles. The molecule has 1 unspecified atom stereocenters. The molecule has 7 heteroatoms. The maximum Gasteiger partial charge on any atom is 0.128 e. The van der Waals surface area contributed by atoms with Gasteiger partial charge in [-0.1, -0.05) is 0 Å². The van der Waals surface area contributed by atoms with Crippen molar-refractivity contribution in [2.24, 2.45) is 0 Å². The number of hydrogen-bond donors (Lipinski definition) is 1. The Kier molecular flexibility index (Phi) is 5.03. The Hall–Kier alpha value is -2.41. The molecular formula is C18H21N3O3S. The van der Waals surface area contributed by atoms with Gasteiger partial charge in [0.15, 0.2) is 0 Å². The standard InChI is InChI=1S/C18H21N3O3S/c1-11-8-19-16(12(2)18(11)24-4)9-25(22)10-17-20-14-6-5-13(23-3)7-15(14)21-17/h5-8H,9-10H2,1-4H3,(H,20,21). The third-order valence-corrected chi connectivity index (χ3v) is 5.27. The molecule has 1 N–H and O–H groups in total. The molecule has 132 valence electrons. The molecule has 3 rings (SSSR count). The Labute approximate surface area is 149 Å². The van der Waals surface area contributed by atoms with Gasteiger partial charge in [0.2, 0.25) is 0 Å². The molecule has 1 atom stereocenters. The van der Waals surface area contributed by atoms with Gasteiger partial charge in [-0.15, -0.1) is 0 Å². The lowest BCUT2D eigenvalue weighted by Crippen LogP contribution is -2.06. The summed E-state index contributed by atoms with van der Waals surface area (Å²) in [5.41, 5.74) is 4.40. The van der Waals surface area contributed by atoms with Crippen molar-refractivity contribution in [1.29, 1.82) is 0 Å². The van der Waals surface area contributed by atoms with Gasteiger partial charge >= 0.3 is 0 Å². The van der Waals surface area contributed by atoms with E-state index in [1.807, 2.05) is 32.0 Å². The number of fused-ring (bicyclic) bond motifs is 1. The first-order valence-corrected chi connectivity index (χ1v) is 9.37. The fraction of sp³-hybridized carbons (Fsp3) is 0.333. The summed E-state index contributed by atoms with van der Waals surface area (Å²) in [5, 5.41) is 0. The van der Waals surface area contributed by atoms with Crippen LogP contribution in [-0.4, -0.2) is 33.4 Å². The topological polar surface area (TPSA) is 77.1 Å². The monoisotopic (exact) mass is 359 g/mol. The summed E-state index contributed by atoms with van der Waals surface area (Å²) >= 11 is 0. The van der Waals surface area contributed by atoms with Crippen LogP contribution in [-0.2, 0) is 22.3 Å². The van der Waals surface area contributed by atoms with Gasteiger partial charge < -0.3 is 14.5 Å². The minimum absolute atomic E-state index is 0.342. The number of aryl methyl sites for hydroxylation is 1. The van der Waals surface area contributed by atoms with Crippen molar-refractivity contribution in [1.82, 2.24) is 15.0 Å². The molecule has 0 radical (unpaired) electrons. The second kappa shape index (κ2) is 7.23. The number of rotatable bonds is 6. The minimum atomic E-state index is -1.13. The summed E-state index contributed by atoms with van der Waals surface area (Å²) in [4.78, 5) is 12.1. The Bertz CT molecular complexity index is 937. The van der Waals surface area contributed by atoms with Crippen LogP contribution in [0.4, 0.5) is 0 Å². The van der Waals surface area contributed by atoms with Gasteiger partial charge in [-0.25, -0.2) is 4.98 Å². The maximum absolute atomic E-state index is 12.6. The number of imidazole rings is 1. The van der Waals surface area contributed by atoms with Gasteiger partial charge in [0.25, 0.3) is 0 Å². The lowest BCUT2D eigenvalue weighted by Gasteiger charge is -2.11. The average Bonchev–Trinajstić information content (AvgIpc) is 2.99. The first-order chi connectivity index (χ1) is 12.0. The predicted octanol–water partition coefficient (Wildman–Crippen LogP) is 3.04. The number of nitrogens with one attached hydrogen (secondary N) is 1. The first-order valence-electron chi connectivity index (χ1n) is 7.88. The first kappa shape index (κ1) is 17.4. The quantitative estimate of drug-likeness (QED) is 0.732. The number of hydrogen-bond acceptors (Lipinski definition) is 5. The SMILES string of the molecule is COc1ccc2nc(CS(=O)Cc3ncc(C)c(OC)c3C)[nH]c2c1. The number of aromatic amines is 1. The molecular weight excluding hydrogens is 338 g/mol. The Balaban J connectivity index is 1.77. The number of pyridine rings is 1. The van der Waals surface area contributed by atoms with Crippen LogP contribution in [0.25, 0.3) is 11.0 Å². The molecule has 0 aliphatic carbocycles. The van der Waals surface area contributed by atoms with Crippen LogP contribution < -0.4 is 9.47 Å². The average molecular weight is 359 g/mol. The van der Waals surface area contributed by atoms with Crippen molar-refractivity contribution in [3.05, 3.63) is 47.0 Å². The molecule has 0 fully saturated rings. The minimum Gasteiger partial charge on any atom is -0.497 e. The highest BCUT2D eigenvalue weighted by Crippen LogP contribution is 2.25. The van der Waals surface area contributed by atoms with Crippen molar-refractivity contribution in [3.63, 3.8) is 0 Å². The highest BCUT2D eigenvalue weighted by Gasteiger charge is 2.14.